The van der Waals surface area contributed by atoms with E-state index in [2.05, 4.69) is 0 Å². The molecule has 364 valence electrons. The summed E-state index contributed by atoms with van der Waals surface area (Å²) in [6.45, 7) is -2.78. The third-order valence-electron chi connectivity index (χ3n) is 11.1. The minimum absolute atomic E-state index is 0.162. The molecule has 0 saturated carbocycles. The predicted octanol–water partition coefficient (Wildman–Crippen LogP) is -3.21. The second-order valence-electron chi connectivity index (χ2n) is 15.6. The Bertz CT molecular complexity index is 2490. The minimum Gasteiger partial charge on any atom is -0.508 e. The zero-order chi connectivity index (χ0) is 48.6. The SMILES string of the molecule is O=C(/C=C/c1ccc(O)c(O)c1)OCC1O[C@@H](OC2C(O)[C@@H](O)C(CO)O[C@H]2OC2[C@H](Oc3c(-c4ccc(O)c(O)c4)oc4cc(O)cc(O)c4c3=O)OC(CO)[C@@H](O)[C@@H]2O)[C@H](O)C(O)[C@@H]1O. The molecule has 15 atom stereocenters. The first-order valence-corrected chi connectivity index (χ1v) is 20.2. The van der Waals surface area contributed by atoms with Crippen LogP contribution in [0.4, 0.5) is 0 Å². The molecule has 67 heavy (non-hydrogen) atoms. The summed E-state index contributed by atoms with van der Waals surface area (Å²) in [4.78, 5) is 26.7. The van der Waals surface area contributed by atoms with Gasteiger partial charge in [-0.25, -0.2) is 4.79 Å². The largest absolute Gasteiger partial charge is 0.508 e. The van der Waals surface area contributed by atoms with Crippen molar-refractivity contribution in [2.24, 2.45) is 0 Å². The number of esters is 1. The third kappa shape index (κ3) is 10.1. The molecule has 0 radical (unpaired) electrons. The van der Waals surface area contributed by atoms with Gasteiger partial charge in [0.25, 0.3) is 0 Å². The molecule has 25 nitrogen and oxygen atoms in total. The van der Waals surface area contributed by atoms with E-state index in [4.69, 9.17) is 37.6 Å². The molecular weight excluding hydrogens is 904 g/mol. The molecule has 15 N–H and O–H groups in total. The number of carbonyl (C=O) groups is 1. The lowest BCUT2D eigenvalue weighted by molar-refractivity contribution is -0.389. The van der Waals surface area contributed by atoms with Crippen molar-refractivity contribution >= 4 is 23.0 Å². The van der Waals surface area contributed by atoms with Crippen LogP contribution in [0.1, 0.15) is 5.56 Å². The fourth-order valence-electron chi connectivity index (χ4n) is 7.45. The summed E-state index contributed by atoms with van der Waals surface area (Å²) in [5.74, 6) is -5.95. The number of phenols is 6. The van der Waals surface area contributed by atoms with E-state index in [1.165, 1.54) is 12.1 Å². The van der Waals surface area contributed by atoms with Gasteiger partial charge in [-0.15, -0.1) is 0 Å². The maximum atomic E-state index is 14.2. The summed E-state index contributed by atoms with van der Waals surface area (Å²) in [6, 6.07) is 8.53. The lowest BCUT2D eigenvalue weighted by atomic mass is 9.96. The number of hydrogen-bond acceptors (Lipinski definition) is 25. The van der Waals surface area contributed by atoms with E-state index in [-0.39, 0.29) is 11.1 Å². The number of phenolic OH excluding ortho intramolecular Hbond substituents is 6. The van der Waals surface area contributed by atoms with Crippen LogP contribution >= 0.6 is 0 Å². The van der Waals surface area contributed by atoms with Gasteiger partial charge in [-0.05, 0) is 42.0 Å². The predicted molar refractivity (Wildman–Crippen MR) is 217 cm³/mol. The maximum absolute atomic E-state index is 14.2. The van der Waals surface area contributed by atoms with E-state index in [1.54, 1.807) is 0 Å². The Morgan fingerprint density at radius 2 is 1.16 bits per heavy atom. The van der Waals surface area contributed by atoms with Crippen LogP contribution in [0, 0.1) is 0 Å². The fraction of sp³-hybridized carbons (Fsp3) is 0.429. The average molecular weight is 951 g/mol. The highest BCUT2D eigenvalue weighted by Gasteiger charge is 2.55. The zero-order valence-electron chi connectivity index (χ0n) is 34.3. The number of aliphatic hydroxyl groups is 9. The van der Waals surface area contributed by atoms with Crippen LogP contribution in [-0.4, -0.2) is 195 Å². The average Bonchev–Trinajstić information content (AvgIpc) is 3.29. The van der Waals surface area contributed by atoms with E-state index in [1.807, 2.05) is 0 Å². The molecule has 3 aliphatic heterocycles. The van der Waals surface area contributed by atoms with Gasteiger partial charge in [0, 0.05) is 23.8 Å². The van der Waals surface area contributed by atoms with Crippen molar-refractivity contribution in [2.45, 2.75) is 92.1 Å². The number of rotatable bonds is 13. The molecule has 25 heteroatoms. The third-order valence-corrected chi connectivity index (χ3v) is 11.1. The van der Waals surface area contributed by atoms with E-state index >= 15 is 0 Å². The molecule has 3 saturated heterocycles. The van der Waals surface area contributed by atoms with E-state index in [9.17, 15) is 86.2 Å². The van der Waals surface area contributed by atoms with Crippen LogP contribution in [0.15, 0.2) is 63.8 Å². The molecule has 0 spiro atoms. The summed E-state index contributed by atoms with van der Waals surface area (Å²) in [7, 11) is 0. The Hall–Kier alpha value is -5.88. The topological polar surface area (TPSA) is 415 Å². The molecule has 0 amide bonds. The number of hydrogen-bond donors (Lipinski definition) is 15. The van der Waals surface area contributed by atoms with E-state index in [0.717, 1.165) is 48.5 Å². The van der Waals surface area contributed by atoms with Crippen LogP contribution in [0.25, 0.3) is 28.4 Å². The summed E-state index contributed by atoms with van der Waals surface area (Å²) >= 11 is 0. The van der Waals surface area contributed by atoms with E-state index < -0.39 is 180 Å². The molecule has 3 fully saturated rings. The minimum atomic E-state index is -2.18. The molecule has 7 unspecified atom stereocenters. The fourth-order valence-corrected chi connectivity index (χ4v) is 7.45. The molecule has 4 aromatic rings. The Morgan fingerprint density at radius 3 is 1.79 bits per heavy atom. The summed E-state index contributed by atoms with van der Waals surface area (Å²) in [5.41, 5.74) is -1.47. The summed E-state index contributed by atoms with van der Waals surface area (Å²) in [5, 5.41) is 157. The molecule has 7 rings (SSSR count). The first-order chi connectivity index (χ1) is 31.8. The second kappa shape index (κ2) is 20.1. The summed E-state index contributed by atoms with van der Waals surface area (Å²) in [6.07, 6.45) is -28.0. The quantitative estimate of drug-likeness (QED) is 0.0356. The number of carbonyl (C=O) groups excluding carboxylic acids is 1. The zero-order valence-corrected chi connectivity index (χ0v) is 34.3. The molecule has 0 bridgehead atoms. The standard InChI is InChI=1S/C42H46O25/c43-11-23-29(53)34(58)39(41(62-23)65-37-31(55)27-21(50)9-16(45)10-22(27)61-36(37)15-3-5-18(47)20(49)8-15)67-42-38(33(57)28(52)24(12-44)63-42)66-40-35(59)32(56)30(54)25(64-40)13-60-26(51)6-2-14-1-4-17(46)19(48)7-14/h1-10,23-25,28-30,32-35,38-50,52-54,56-59H,11-13H2/b6-2+/t23?,24?,25?,28-,29+,30+,32?,33?,34-,35+,38?,39?,40-,41-,42-/m0/s1. The van der Waals surface area contributed by atoms with Crippen LogP contribution < -0.4 is 10.2 Å². The Kier molecular flexibility index (Phi) is 14.7. The Labute approximate surface area is 375 Å². The maximum Gasteiger partial charge on any atom is 0.330 e. The van der Waals surface area contributed by atoms with Crippen LogP contribution in [0.3, 0.4) is 0 Å². The van der Waals surface area contributed by atoms with Gasteiger partial charge < -0.3 is 114 Å². The number of aromatic hydroxyl groups is 6. The van der Waals surface area contributed by atoms with Crippen molar-refractivity contribution in [1.82, 2.24) is 0 Å². The highest BCUT2D eigenvalue weighted by Crippen LogP contribution is 2.41. The number of fused-ring (bicyclic) bond motifs is 1. The van der Waals surface area contributed by atoms with Gasteiger partial charge in [0.2, 0.25) is 17.5 Å². The lowest BCUT2D eigenvalue weighted by Crippen LogP contribution is -2.67. The monoisotopic (exact) mass is 950 g/mol. The Balaban J connectivity index is 1.18. The van der Waals surface area contributed by atoms with Crippen molar-refractivity contribution in [3.63, 3.8) is 0 Å². The number of benzene rings is 3. The van der Waals surface area contributed by atoms with Gasteiger partial charge in [0.05, 0.1) is 13.2 Å². The van der Waals surface area contributed by atoms with Gasteiger partial charge in [-0.1, -0.05) is 6.07 Å². The molecule has 0 aliphatic carbocycles. The molecule has 3 aliphatic rings. The smallest absolute Gasteiger partial charge is 0.330 e. The lowest BCUT2D eigenvalue weighted by Gasteiger charge is -2.48. The molecular formula is C42H46O25. The summed E-state index contributed by atoms with van der Waals surface area (Å²) < 4.78 is 45.8. The van der Waals surface area contributed by atoms with Crippen molar-refractivity contribution < 1.29 is 119 Å². The first-order valence-electron chi connectivity index (χ1n) is 20.2. The van der Waals surface area contributed by atoms with Gasteiger partial charge in [-0.3, -0.25) is 4.79 Å². The van der Waals surface area contributed by atoms with Crippen molar-refractivity contribution in [3.05, 3.63) is 70.4 Å². The first kappa shape index (κ1) is 49.0. The molecule has 3 aromatic carbocycles. The van der Waals surface area contributed by atoms with Gasteiger partial charge >= 0.3 is 5.97 Å². The normalized spacial score (nSPS) is 32.3. The van der Waals surface area contributed by atoms with Crippen molar-refractivity contribution in [1.29, 1.82) is 0 Å². The van der Waals surface area contributed by atoms with Gasteiger partial charge in [0.1, 0.15) is 96.2 Å². The highest BCUT2D eigenvalue weighted by molar-refractivity contribution is 5.88. The number of aliphatic hydroxyl groups excluding tert-OH is 9. The van der Waals surface area contributed by atoms with Gasteiger partial charge in [-0.2, -0.15) is 0 Å². The second-order valence-corrected chi connectivity index (χ2v) is 15.6. The molecule has 1 aromatic heterocycles. The highest BCUT2D eigenvalue weighted by atomic mass is 16.8. The van der Waals surface area contributed by atoms with Crippen molar-refractivity contribution in [2.75, 3.05) is 19.8 Å². The van der Waals surface area contributed by atoms with Crippen LogP contribution in [0.5, 0.6) is 40.2 Å². The van der Waals surface area contributed by atoms with Crippen LogP contribution in [-0.2, 0) is 33.2 Å². The van der Waals surface area contributed by atoms with Crippen molar-refractivity contribution in [3.8, 4) is 51.6 Å². The van der Waals surface area contributed by atoms with E-state index in [0.29, 0.717) is 0 Å². The van der Waals surface area contributed by atoms with Gasteiger partial charge in [0.15, 0.2) is 47.4 Å². The molecule has 4 heterocycles. The number of ether oxygens (including phenoxy) is 7. The van der Waals surface area contributed by atoms with Crippen LogP contribution in [0.2, 0.25) is 0 Å². The Morgan fingerprint density at radius 1 is 0.597 bits per heavy atom.